The van der Waals surface area contributed by atoms with Gasteiger partial charge in [0.1, 0.15) is 0 Å². The monoisotopic (exact) mass is 160 g/mol. The third kappa shape index (κ3) is 2.15. The molecule has 0 aromatic heterocycles. The van der Waals surface area contributed by atoms with Gasteiger partial charge in [0, 0.05) is 31.4 Å². The van der Waals surface area contributed by atoms with Crippen molar-refractivity contribution in [3.05, 3.63) is 0 Å². The Morgan fingerprint density at radius 3 is 2.80 bits per heavy atom. The number of thioether (sulfide) groups is 1. The SMILES string of the molecule is CNC1CN(CCSC)C1. The van der Waals surface area contributed by atoms with E-state index in [9.17, 15) is 0 Å². The number of likely N-dealkylation sites (tertiary alicyclic amines) is 1. The van der Waals surface area contributed by atoms with E-state index in [1.54, 1.807) is 0 Å². The fourth-order valence-electron chi connectivity index (χ4n) is 1.16. The van der Waals surface area contributed by atoms with Gasteiger partial charge in [-0.3, -0.25) is 4.90 Å². The molecule has 60 valence electrons. The zero-order chi connectivity index (χ0) is 7.40. The van der Waals surface area contributed by atoms with Crippen LogP contribution in [0, 0.1) is 0 Å². The van der Waals surface area contributed by atoms with Crippen LogP contribution in [0.1, 0.15) is 0 Å². The van der Waals surface area contributed by atoms with E-state index in [1.165, 1.54) is 25.4 Å². The van der Waals surface area contributed by atoms with Crippen molar-refractivity contribution < 1.29 is 0 Å². The van der Waals surface area contributed by atoms with Crippen molar-refractivity contribution in [2.75, 3.05) is 38.7 Å². The quantitative estimate of drug-likeness (QED) is 0.635. The number of rotatable bonds is 4. The molecule has 0 atom stereocenters. The van der Waals surface area contributed by atoms with Gasteiger partial charge >= 0.3 is 0 Å². The number of nitrogens with one attached hydrogen (secondary N) is 1. The fraction of sp³-hybridized carbons (Fsp3) is 1.00. The summed E-state index contributed by atoms with van der Waals surface area (Å²) in [6.07, 6.45) is 2.16. The lowest BCUT2D eigenvalue weighted by molar-refractivity contribution is 0.141. The number of hydrogen-bond donors (Lipinski definition) is 1. The molecule has 3 heteroatoms. The van der Waals surface area contributed by atoms with Crippen LogP contribution in [0.25, 0.3) is 0 Å². The predicted molar refractivity (Wildman–Crippen MR) is 47.7 cm³/mol. The first-order valence-electron chi connectivity index (χ1n) is 3.75. The van der Waals surface area contributed by atoms with Crippen LogP contribution >= 0.6 is 11.8 Å². The molecular weight excluding hydrogens is 144 g/mol. The maximum absolute atomic E-state index is 3.26. The lowest BCUT2D eigenvalue weighted by atomic mass is 10.1. The van der Waals surface area contributed by atoms with E-state index in [0.29, 0.717) is 0 Å². The minimum Gasteiger partial charge on any atom is -0.315 e. The van der Waals surface area contributed by atoms with Gasteiger partial charge in [-0.05, 0) is 13.3 Å². The van der Waals surface area contributed by atoms with E-state index in [4.69, 9.17) is 0 Å². The molecule has 0 saturated carbocycles. The van der Waals surface area contributed by atoms with E-state index in [-0.39, 0.29) is 0 Å². The Labute approximate surface area is 67.4 Å². The predicted octanol–water partition coefficient (Wildman–Crippen LogP) is 0.253. The molecule has 1 rings (SSSR count). The van der Waals surface area contributed by atoms with Crippen molar-refractivity contribution in [1.29, 1.82) is 0 Å². The molecule has 0 radical (unpaired) electrons. The largest absolute Gasteiger partial charge is 0.315 e. The lowest BCUT2D eigenvalue weighted by Gasteiger charge is -2.38. The second kappa shape index (κ2) is 4.21. The topological polar surface area (TPSA) is 15.3 Å². The highest BCUT2D eigenvalue weighted by Crippen LogP contribution is 2.07. The Kier molecular flexibility index (Phi) is 3.52. The van der Waals surface area contributed by atoms with Crippen LogP contribution in [0.3, 0.4) is 0 Å². The van der Waals surface area contributed by atoms with Crippen LogP contribution < -0.4 is 5.32 Å². The molecule has 1 heterocycles. The van der Waals surface area contributed by atoms with Gasteiger partial charge in [0.05, 0.1) is 0 Å². The lowest BCUT2D eigenvalue weighted by Crippen LogP contribution is -2.57. The Hall–Kier alpha value is 0.270. The third-order valence-corrected chi connectivity index (χ3v) is 2.57. The van der Waals surface area contributed by atoms with Gasteiger partial charge < -0.3 is 5.32 Å². The molecule has 1 aliphatic rings. The molecule has 0 unspecified atom stereocenters. The van der Waals surface area contributed by atoms with Crippen LogP contribution in [0.2, 0.25) is 0 Å². The van der Waals surface area contributed by atoms with Crippen LogP contribution in [-0.2, 0) is 0 Å². The van der Waals surface area contributed by atoms with Crippen molar-refractivity contribution >= 4 is 11.8 Å². The minimum absolute atomic E-state index is 0.766. The number of likely N-dealkylation sites (N-methyl/N-ethyl adjacent to an activating group) is 1. The molecule has 1 fully saturated rings. The van der Waals surface area contributed by atoms with Gasteiger partial charge in [-0.15, -0.1) is 0 Å². The van der Waals surface area contributed by atoms with Crippen molar-refractivity contribution in [2.24, 2.45) is 0 Å². The van der Waals surface area contributed by atoms with Gasteiger partial charge in [-0.1, -0.05) is 0 Å². The van der Waals surface area contributed by atoms with E-state index >= 15 is 0 Å². The minimum atomic E-state index is 0.766. The standard InChI is InChI=1S/C7H16N2S/c1-8-7-5-9(6-7)3-4-10-2/h7-8H,3-6H2,1-2H3. The Morgan fingerprint density at radius 1 is 1.60 bits per heavy atom. The van der Waals surface area contributed by atoms with Crippen molar-refractivity contribution in [1.82, 2.24) is 10.2 Å². The van der Waals surface area contributed by atoms with Gasteiger partial charge in [-0.25, -0.2) is 0 Å². The van der Waals surface area contributed by atoms with Crippen LogP contribution in [-0.4, -0.2) is 49.6 Å². The molecule has 1 aliphatic heterocycles. The summed E-state index contributed by atoms with van der Waals surface area (Å²) in [7, 11) is 2.04. The molecule has 1 saturated heterocycles. The highest BCUT2D eigenvalue weighted by Gasteiger charge is 2.23. The van der Waals surface area contributed by atoms with Gasteiger partial charge in [0.2, 0.25) is 0 Å². The zero-order valence-electron chi connectivity index (χ0n) is 6.76. The third-order valence-electron chi connectivity index (χ3n) is 1.98. The molecule has 1 N–H and O–H groups in total. The highest BCUT2D eigenvalue weighted by molar-refractivity contribution is 7.98. The summed E-state index contributed by atoms with van der Waals surface area (Å²) in [5, 5.41) is 3.26. The first-order chi connectivity index (χ1) is 4.86. The normalized spacial score (nSPS) is 21.0. The molecule has 0 amide bonds. The summed E-state index contributed by atoms with van der Waals surface area (Å²) in [5.74, 6) is 1.27. The van der Waals surface area contributed by atoms with Crippen molar-refractivity contribution in [3.63, 3.8) is 0 Å². The summed E-state index contributed by atoms with van der Waals surface area (Å²) in [4.78, 5) is 2.48. The van der Waals surface area contributed by atoms with E-state index in [1.807, 2.05) is 18.8 Å². The summed E-state index contributed by atoms with van der Waals surface area (Å²) < 4.78 is 0. The van der Waals surface area contributed by atoms with E-state index < -0.39 is 0 Å². The maximum Gasteiger partial charge on any atom is 0.0320 e. The smallest absolute Gasteiger partial charge is 0.0320 e. The summed E-state index contributed by atoms with van der Waals surface area (Å²) in [5.41, 5.74) is 0. The zero-order valence-corrected chi connectivity index (χ0v) is 7.58. The van der Waals surface area contributed by atoms with Crippen molar-refractivity contribution in [2.45, 2.75) is 6.04 Å². The molecule has 10 heavy (non-hydrogen) atoms. The Balaban J connectivity index is 1.93. The van der Waals surface area contributed by atoms with Gasteiger partial charge in [0.25, 0.3) is 0 Å². The van der Waals surface area contributed by atoms with Crippen LogP contribution in [0.15, 0.2) is 0 Å². The van der Waals surface area contributed by atoms with Crippen LogP contribution in [0.4, 0.5) is 0 Å². The van der Waals surface area contributed by atoms with E-state index in [0.717, 1.165) is 6.04 Å². The fourth-order valence-corrected chi connectivity index (χ4v) is 1.60. The summed E-state index contributed by atoms with van der Waals surface area (Å²) >= 11 is 1.93. The molecule has 2 nitrogen and oxygen atoms in total. The molecular formula is C7H16N2S. The number of nitrogens with zero attached hydrogens (tertiary/aromatic N) is 1. The average molecular weight is 160 g/mol. The summed E-state index contributed by atoms with van der Waals surface area (Å²) in [6, 6.07) is 0.766. The number of hydrogen-bond acceptors (Lipinski definition) is 3. The summed E-state index contributed by atoms with van der Waals surface area (Å²) in [6.45, 7) is 3.76. The Morgan fingerprint density at radius 2 is 2.30 bits per heavy atom. The molecule has 0 aromatic carbocycles. The van der Waals surface area contributed by atoms with Crippen LogP contribution in [0.5, 0.6) is 0 Å². The highest BCUT2D eigenvalue weighted by atomic mass is 32.2. The molecule has 0 bridgehead atoms. The second-order valence-corrected chi connectivity index (χ2v) is 3.72. The maximum atomic E-state index is 3.26. The molecule has 0 spiro atoms. The molecule has 0 aliphatic carbocycles. The first-order valence-corrected chi connectivity index (χ1v) is 5.14. The Bertz CT molecular complexity index is 88.9. The van der Waals surface area contributed by atoms with Gasteiger partial charge in [0.15, 0.2) is 0 Å². The average Bonchev–Trinajstić information content (AvgIpc) is 1.86. The first kappa shape index (κ1) is 8.37. The molecule has 0 aromatic rings. The van der Waals surface area contributed by atoms with Gasteiger partial charge in [-0.2, -0.15) is 11.8 Å². The van der Waals surface area contributed by atoms with Crippen molar-refractivity contribution in [3.8, 4) is 0 Å². The second-order valence-electron chi connectivity index (χ2n) is 2.74. The van der Waals surface area contributed by atoms with E-state index in [2.05, 4.69) is 16.5 Å².